The Labute approximate surface area is 134 Å². The quantitative estimate of drug-likeness (QED) is 0.939. The lowest BCUT2D eigenvalue weighted by molar-refractivity contribution is 0.288. The van der Waals surface area contributed by atoms with Crippen LogP contribution in [0.1, 0.15) is 11.1 Å². The van der Waals surface area contributed by atoms with Gasteiger partial charge in [-0.15, -0.1) is 0 Å². The average Bonchev–Trinajstić information content (AvgIpc) is 2.56. The van der Waals surface area contributed by atoms with Crippen molar-refractivity contribution < 1.29 is 5.11 Å². The van der Waals surface area contributed by atoms with Gasteiger partial charge in [0.25, 0.3) is 5.56 Å². The fourth-order valence-electron chi connectivity index (χ4n) is 2.63. The maximum Gasteiger partial charge on any atom is 0.293 e. The van der Waals surface area contributed by atoms with Crippen molar-refractivity contribution in [3.05, 3.63) is 64.1 Å². The first-order valence-electron chi connectivity index (χ1n) is 7.49. The third-order valence-corrected chi connectivity index (χ3v) is 4.86. The molecule has 0 spiro atoms. The lowest BCUT2D eigenvalue weighted by Crippen LogP contribution is -2.32. The third kappa shape index (κ3) is 3.54. The van der Waals surface area contributed by atoms with E-state index in [-0.39, 0.29) is 11.3 Å². The number of pyridine rings is 1. The van der Waals surface area contributed by atoms with E-state index in [1.54, 1.807) is 10.8 Å². The van der Waals surface area contributed by atoms with Crippen molar-refractivity contribution in [3.8, 4) is 5.75 Å². The summed E-state index contributed by atoms with van der Waals surface area (Å²) >= 11 is 1.95. The van der Waals surface area contributed by atoms with Gasteiger partial charge in [-0.2, -0.15) is 11.8 Å². The van der Waals surface area contributed by atoms with Crippen molar-refractivity contribution in [3.63, 3.8) is 0 Å². The van der Waals surface area contributed by atoms with Crippen molar-refractivity contribution in [2.75, 3.05) is 24.6 Å². The number of benzene rings is 1. The van der Waals surface area contributed by atoms with E-state index in [4.69, 9.17) is 0 Å². The molecule has 0 saturated carbocycles. The molecule has 1 fully saturated rings. The number of thioether (sulfide) groups is 1. The summed E-state index contributed by atoms with van der Waals surface area (Å²) in [6.07, 6.45) is 1.78. The summed E-state index contributed by atoms with van der Waals surface area (Å²) in [6, 6.07) is 11.7. The van der Waals surface area contributed by atoms with E-state index >= 15 is 0 Å². The SMILES string of the molecule is O=c1c(O)c(CN2CCSCC2)ccn1Cc1ccccc1. The summed E-state index contributed by atoms with van der Waals surface area (Å²) < 4.78 is 1.56. The first kappa shape index (κ1) is 15.2. The molecule has 0 bridgehead atoms. The van der Waals surface area contributed by atoms with Crippen molar-refractivity contribution in [1.29, 1.82) is 0 Å². The molecule has 1 aromatic heterocycles. The standard InChI is InChI=1S/C17H20N2O2S/c20-16-15(13-18-8-10-22-11-9-18)6-7-19(17(16)21)12-14-4-2-1-3-5-14/h1-7,20H,8-13H2. The molecule has 4 nitrogen and oxygen atoms in total. The molecule has 1 aliphatic heterocycles. The molecule has 1 N–H and O–H groups in total. The zero-order valence-corrected chi connectivity index (χ0v) is 13.3. The second-order valence-electron chi connectivity index (χ2n) is 5.50. The molecule has 2 aromatic rings. The highest BCUT2D eigenvalue weighted by Crippen LogP contribution is 2.17. The minimum absolute atomic E-state index is 0.114. The van der Waals surface area contributed by atoms with Gasteiger partial charge in [0.2, 0.25) is 0 Å². The first-order valence-corrected chi connectivity index (χ1v) is 8.65. The Morgan fingerprint density at radius 3 is 2.50 bits per heavy atom. The summed E-state index contributed by atoms with van der Waals surface area (Å²) in [7, 11) is 0. The minimum Gasteiger partial charge on any atom is -0.503 e. The lowest BCUT2D eigenvalue weighted by atomic mass is 10.2. The van der Waals surface area contributed by atoms with Crippen molar-refractivity contribution in [2.24, 2.45) is 0 Å². The average molecular weight is 316 g/mol. The second kappa shape index (κ2) is 7.03. The number of nitrogens with zero attached hydrogens (tertiary/aromatic N) is 2. The number of hydrogen-bond donors (Lipinski definition) is 1. The van der Waals surface area contributed by atoms with Gasteiger partial charge >= 0.3 is 0 Å². The summed E-state index contributed by atoms with van der Waals surface area (Å²) in [5.41, 5.74) is 1.46. The molecule has 1 saturated heterocycles. The van der Waals surface area contributed by atoms with E-state index < -0.39 is 0 Å². The number of aromatic nitrogens is 1. The monoisotopic (exact) mass is 316 g/mol. The van der Waals surface area contributed by atoms with Crippen LogP contribution in [0.25, 0.3) is 0 Å². The van der Waals surface area contributed by atoms with E-state index in [0.717, 1.165) is 35.7 Å². The Morgan fingerprint density at radius 1 is 1.05 bits per heavy atom. The second-order valence-corrected chi connectivity index (χ2v) is 6.72. The van der Waals surface area contributed by atoms with E-state index in [1.165, 1.54) is 0 Å². The molecule has 0 unspecified atom stereocenters. The Balaban J connectivity index is 1.77. The fourth-order valence-corrected chi connectivity index (χ4v) is 3.61. The van der Waals surface area contributed by atoms with Crippen molar-refractivity contribution in [2.45, 2.75) is 13.1 Å². The van der Waals surface area contributed by atoms with Crippen LogP contribution >= 0.6 is 11.8 Å². The van der Waals surface area contributed by atoms with Crippen molar-refractivity contribution >= 4 is 11.8 Å². The molecule has 1 aliphatic rings. The van der Waals surface area contributed by atoms with Gasteiger partial charge in [0.1, 0.15) is 0 Å². The predicted octanol–water partition coefficient (Wildman–Crippen LogP) is 2.15. The molecule has 0 aliphatic carbocycles. The maximum atomic E-state index is 12.3. The number of hydrogen-bond acceptors (Lipinski definition) is 4. The Morgan fingerprint density at radius 2 is 1.77 bits per heavy atom. The van der Waals surface area contributed by atoms with E-state index in [9.17, 15) is 9.90 Å². The maximum absolute atomic E-state index is 12.3. The van der Waals surface area contributed by atoms with Gasteiger partial charge in [-0.25, -0.2) is 0 Å². The van der Waals surface area contributed by atoms with Crippen LogP contribution in [0.15, 0.2) is 47.4 Å². The van der Waals surface area contributed by atoms with Gasteiger partial charge in [0.15, 0.2) is 5.75 Å². The third-order valence-electron chi connectivity index (χ3n) is 3.92. The Bertz CT molecular complexity index is 679. The number of aromatic hydroxyl groups is 1. The molecule has 5 heteroatoms. The largest absolute Gasteiger partial charge is 0.503 e. The van der Waals surface area contributed by atoms with Crippen LogP contribution in [0.5, 0.6) is 5.75 Å². The van der Waals surface area contributed by atoms with Crippen LogP contribution in [-0.2, 0) is 13.1 Å². The minimum atomic E-state index is -0.312. The molecule has 1 aromatic carbocycles. The molecular weight excluding hydrogens is 296 g/mol. The molecule has 2 heterocycles. The molecule has 0 radical (unpaired) electrons. The first-order chi connectivity index (χ1) is 10.7. The Kier molecular flexibility index (Phi) is 4.85. The molecular formula is C17H20N2O2S. The molecule has 0 amide bonds. The van der Waals surface area contributed by atoms with Crippen LogP contribution < -0.4 is 5.56 Å². The van der Waals surface area contributed by atoms with Gasteiger partial charge in [-0.05, 0) is 11.6 Å². The molecule has 22 heavy (non-hydrogen) atoms. The Hall–Kier alpha value is -1.72. The van der Waals surface area contributed by atoms with Gasteiger partial charge in [0.05, 0.1) is 6.54 Å². The summed E-state index contributed by atoms with van der Waals surface area (Å²) in [5, 5.41) is 10.2. The van der Waals surface area contributed by atoms with Gasteiger partial charge in [-0.1, -0.05) is 30.3 Å². The van der Waals surface area contributed by atoms with Crippen molar-refractivity contribution in [1.82, 2.24) is 9.47 Å². The lowest BCUT2D eigenvalue weighted by Gasteiger charge is -2.26. The summed E-state index contributed by atoms with van der Waals surface area (Å²) in [5.74, 6) is 2.12. The summed E-state index contributed by atoms with van der Waals surface area (Å²) in [6.45, 7) is 3.15. The number of rotatable bonds is 4. The molecule has 116 valence electrons. The highest BCUT2D eigenvalue weighted by atomic mass is 32.2. The molecule has 0 atom stereocenters. The highest BCUT2D eigenvalue weighted by molar-refractivity contribution is 7.99. The van der Waals surface area contributed by atoms with Crippen LogP contribution in [0, 0.1) is 0 Å². The normalized spacial score (nSPS) is 15.8. The molecule has 3 rings (SSSR count). The van der Waals surface area contributed by atoms with Crippen LogP contribution in [-0.4, -0.2) is 39.2 Å². The van der Waals surface area contributed by atoms with E-state index in [1.807, 2.05) is 48.2 Å². The van der Waals surface area contributed by atoms with Crippen LogP contribution in [0.3, 0.4) is 0 Å². The summed E-state index contributed by atoms with van der Waals surface area (Å²) in [4.78, 5) is 14.6. The zero-order chi connectivity index (χ0) is 15.4. The van der Waals surface area contributed by atoms with Gasteiger partial charge in [0, 0.05) is 42.9 Å². The van der Waals surface area contributed by atoms with Gasteiger partial charge in [-0.3, -0.25) is 9.69 Å². The van der Waals surface area contributed by atoms with E-state index in [0.29, 0.717) is 13.1 Å². The fraction of sp³-hybridized carbons (Fsp3) is 0.353. The zero-order valence-electron chi connectivity index (χ0n) is 12.4. The smallest absolute Gasteiger partial charge is 0.293 e. The van der Waals surface area contributed by atoms with Crippen LogP contribution in [0.2, 0.25) is 0 Å². The predicted molar refractivity (Wildman–Crippen MR) is 90.5 cm³/mol. The topological polar surface area (TPSA) is 45.5 Å². The van der Waals surface area contributed by atoms with Gasteiger partial charge < -0.3 is 9.67 Å². The van der Waals surface area contributed by atoms with E-state index in [2.05, 4.69) is 4.90 Å². The highest BCUT2D eigenvalue weighted by Gasteiger charge is 2.15. The van der Waals surface area contributed by atoms with Crippen LogP contribution in [0.4, 0.5) is 0 Å².